The minimum atomic E-state index is -0.429. The van der Waals surface area contributed by atoms with E-state index in [4.69, 9.17) is 35.4 Å². The van der Waals surface area contributed by atoms with Gasteiger partial charge in [0.25, 0.3) is 11.8 Å². The largest absolute Gasteiger partial charge is 0.339 e. The Balaban J connectivity index is 1.62. The van der Waals surface area contributed by atoms with Gasteiger partial charge in [-0.25, -0.2) is 0 Å². The molecule has 1 fully saturated rings. The molecule has 2 aromatic carbocycles. The number of rotatable bonds is 3. The number of carbonyl (C=O) groups is 2. The second-order valence-electron chi connectivity index (χ2n) is 7.12. The number of carbonyl (C=O) groups excluding carboxylic acids is 2. The lowest BCUT2D eigenvalue weighted by Gasteiger charge is -2.30. The van der Waals surface area contributed by atoms with Gasteiger partial charge in [0.15, 0.2) is 5.11 Å². The molecule has 1 aliphatic rings. The molecule has 1 aliphatic heterocycles. The van der Waals surface area contributed by atoms with Crippen molar-refractivity contribution in [3.8, 4) is 0 Å². The van der Waals surface area contributed by atoms with E-state index in [1.807, 2.05) is 4.90 Å². The average Bonchev–Trinajstić information content (AvgIpc) is 2.67. The molecular weight excluding hydrogens is 429 g/mol. The number of nitrogens with zero attached hydrogens (tertiary/aromatic N) is 1. The SMILES string of the molecule is CC1CCN(C(=O)c2cccc(NC(=S)NC(=O)c3cc(Cl)cc(Cl)c3)c2)CC1. The van der Waals surface area contributed by atoms with Crippen LogP contribution in [0.4, 0.5) is 5.69 Å². The third-order valence-corrected chi connectivity index (χ3v) is 5.43. The Kier molecular flexibility index (Phi) is 7.11. The maximum atomic E-state index is 12.7. The first-order valence-corrected chi connectivity index (χ1v) is 10.5. The van der Waals surface area contributed by atoms with Crippen LogP contribution in [0.15, 0.2) is 42.5 Å². The van der Waals surface area contributed by atoms with Gasteiger partial charge in [0.1, 0.15) is 0 Å². The normalized spacial score (nSPS) is 14.4. The number of benzene rings is 2. The van der Waals surface area contributed by atoms with Gasteiger partial charge in [-0.2, -0.15) is 0 Å². The smallest absolute Gasteiger partial charge is 0.257 e. The zero-order valence-corrected chi connectivity index (χ0v) is 18.2. The van der Waals surface area contributed by atoms with Crippen LogP contribution in [0.5, 0.6) is 0 Å². The fourth-order valence-corrected chi connectivity index (χ4v) is 3.88. The average molecular weight is 450 g/mol. The van der Waals surface area contributed by atoms with E-state index in [1.165, 1.54) is 12.1 Å². The van der Waals surface area contributed by atoms with Crippen molar-refractivity contribution in [1.82, 2.24) is 10.2 Å². The van der Waals surface area contributed by atoms with Crippen LogP contribution in [-0.2, 0) is 0 Å². The first-order chi connectivity index (χ1) is 13.8. The van der Waals surface area contributed by atoms with Crippen LogP contribution < -0.4 is 10.6 Å². The Bertz CT molecular complexity index is 923. The number of hydrogen-bond acceptors (Lipinski definition) is 3. The lowest BCUT2D eigenvalue weighted by molar-refractivity contribution is 0.0697. The highest BCUT2D eigenvalue weighted by Gasteiger charge is 2.21. The first-order valence-electron chi connectivity index (χ1n) is 9.29. The number of nitrogens with one attached hydrogen (secondary N) is 2. The van der Waals surface area contributed by atoms with Crippen molar-refractivity contribution in [2.75, 3.05) is 18.4 Å². The quantitative estimate of drug-likeness (QED) is 0.647. The monoisotopic (exact) mass is 449 g/mol. The van der Waals surface area contributed by atoms with Gasteiger partial charge >= 0.3 is 0 Å². The summed E-state index contributed by atoms with van der Waals surface area (Å²) >= 11 is 17.1. The molecule has 0 saturated carbocycles. The van der Waals surface area contributed by atoms with Gasteiger partial charge in [0.05, 0.1) is 0 Å². The van der Waals surface area contributed by atoms with Crippen molar-refractivity contribution in [1.29, 1.82) is 0 Å². The lowest BCUT2D eigenvalue weighted by Crippen LogP contribution is -2.38. The molecule has 0 spiro atoms. The highest BCUT2D eigenvalue weighted by molar-refractivity contribution is 7.80. The van der Waals surface area contributed by atoms with Crippen molar-refractivity contribution in [2.45, 2.75) is 19.8 Å². The van der Waals surface area contributed by atoms with E-state index in [0.717, 1.165) is 25.9 Å². The third kappa shape index (κ3) is 5.92. The molecular formula is C21H21Cl2N3O2S. The molecule has 5 nitrogen and oxygen atoms in total. The molecule has 0 unspecified atom stereocenters. The third-order valence-electron chi connectivity index (χ3n) is 4.79. The fraction of sp³-hybridized carbons (Fsp3) is 0.286. The van der Waals surface area contributed by atoms with Crippen molar-refractivity contribution in [3.63, 3.8) is 0 Å². The minimum Gasteiger partial charge on any atom is -0.339 e. The second kappa shape index (κ2) is 9.57. The maximum Gasteiger partial charge on any atom is 0.257 e. The van der Waals surface area contributed by atoms with E-state index in [-0.39, 0.29) is 11.0 Å². The molecule has 3 rings (SSSR count). The highest BCUT2D eigenvalue weighted by atomic mass is 35.5. The Labute approximate surface area is 185 Å². The van der Waals surface area contributed by atoms with Crippen LogP contribution in [0.3, 0.4) is 0 Å². The van der Waals surface area contributed by atoms with Crippen LogP contribution in [0.1, 0.15) is 40.5 Å². The number of hydrogen-bond donors (Lipinski definition) is 2. The number of anilines is 1. The Morgan fingerprint density at radius 2 is 1.69 bits per heavy atom. The van der Waals surface area contributed by atoms with E-state index >= 15 is 0 Å². The second-order valence-corrected chi connectivity index (χ2v) is 8.40. The van der Waals surface area contributed by atoms with Gasteiger partial charge in [-0.15, -0.1) is 0 Å². The van der Waals surface area contributed by atoms with E-state index in [0.29, 0.717) is 32.8 Å². The summed E-state index contributed by atoms with van der Waals surface area (Å²) in [6, 6.07) is 11.6. The van der Waals surface area contributed by atoms with Crippen molar-refractivity contribution < 1.29 is 9.59 Å². The molecule has 2 aromatic rings. The summed E-state index contributed by atoms with van der Waals surface area (Å²) in [5.74, 6) is 0.230. The van der Waals surface area contributed by atoms with E-state index in [1.54, 1.807) is 30.3 Å². The van der Waals surface area contributed by atoms with Gasteiger partial charge in [0.2, 0.25) is 0 Å². The molecule has 8 heteroatoms. The molecule has 0 atom stereocenters. The number of piperidine rings is 1. The van der Waals surface area contributed by atoms with E-state index < -0.39 is 5.91 Å². The number of likely N-dealkylation sites (tertiary alicyclic amines) is 1. The summed E-state index contributed by atoms with van der Waals surface area (Å²) < 4.78 is 0. The van der Waals surface area contributed by atoms with Crippen molar-refractivity contribution >= 4 is 58.0 Å². The van der Waals surface area contributed by atoms with Crippen molar-refractivity contribution in [2.24, 2.45) is 5.92 Å². The van der Waals surface area contributed by atoms with Crippen LogP contribution in [-0.4, -0.2) is 34.9 Å². The van der Waals surface area contributed by atoms with E-state index in [2.05, 4.69) is 17.6 Å². The summed E-state index contributed by atoms with van der Waals surface area (Å²) in [6.45, 7) is 3.75. The predicted molar refractivity (Wildman–Crippen MR) is 121 cm³/mol. The molecule has 2 amide bonds. The van der Waals surface area contributed by atoms with Gasteiger partial charge < -0.3 is 10.2 Å². The maximum absolute atomic E-state index is 12.7. The highest BCUT2D eigenvalue weighted by Crippen LogP contribution is 2.20. The molecule has 2 N–H and O–H groups in total. The molecule has 0 aliphatic carbocycles. The zero-order valence-electron chi connectivity index (χ0n) is 15.9. The molecule has 0 radical (unpaired) electrons. The van der Waals surface area contributed by atoms with Crippen LogP contribution in [0.2, 0.25) is 10.0 Å². The summed E-state index contributed by atoms with van der Waals surface area (Å²) in [5.41, 5.74) is 1.51. The number of amides is 2. The summed E-state index contributed by atoms with van der Waals surface area (Å²) in [4.78, 5) is 27.0. The van der Waals surface area contributed by atoms with Gasteiger partial charge in [0, 0.05) is 39.9 Å². The topological polar surface area (TPSA) is 61.4 Å². The van der Waals surface area contributed by atoms with Crippen LogP contribution in [0, 0.1) is 5.92 Å². The number of thiocarbonyl (C=S) groups is 1. The summed E-state index contributed by atoms with van der Waals surface area (Å²) in [6.07, 6.45) is 2.04. The lowest BCUT2D eigenvalue weighted by atomic mass is 9.98. The van der Waals surface area contributed by atoms with Crippen molar-refractivity contribution in [3.05, 3.63) is 63.6 Å². The summed E-state index contributed by atoms with van der Waals surface area (Å²) in [7, 11) is 0. The minimum absolute atomic E-state index is 0.00377. The van der Waals surface area contributed by atoms with E-state index in [9.17, 15) is 9.59 Å². The molecule has 29 heavy (non-hydrogen) atoms. The Hall–Kier alpha value is -2.15. The molecule has 0 aromatic heterocycles. The molecule has 1 heterocycles. The Morgan fingerprint density at radius 1 is 1.03 bits per heavy atom. The van der Waals surface area contributed by atoms with Gasteiger partial charge in [-0.05, 0) is 67.4 Å². The molecule has 1 saturated heterocycles. The number of halogens is 2. The van der Waals surface area contributed by atoms with Crippen LogP contribution in [0.25, 0.3) is 0 Å². The zero-order chi connectivity index (χ0) is 21.0. The molecule has 152 valence electrons. The van der Waals surface area contributed by atoms with Gasteiger partial charge in [-0.3, -0.25) is 14.9 Å². The summed E-state index contributed by atoms with van der Waals surface area (Å²) in [5, 5.41) is 6.36. The standard InChI is InChI=1S/C21H21Cl2N3O2S/c1-13-5-7-26(8-6-13)20(28)14-3-2-4-18(11-14)24-21(29)25-19(27)15-9-16(22)12-17(23)10-15/h2-4,9-13H,5-8H2,1H3,(H2,24,25,27,29). The molecule has 0 bridgehead atoms. The van der Waals surface area contributed by atoms with Crippen LogP contribution >= 0.6 is 35.4 Å². The first kappa shape index (κ1) is 21.6. The Morgan fingerprint density at radius 3 is 2.34 bits per heavy atom. The predicted octanol–water partition coefficient (Wildman–Crippen LogP) is 4.99. The fourth-order valence-electron chi connectivity index (χ4n) is 3.15. The van der Waals surface area contributed by atoms with Gasteiger partial charge in [-0.1, -0.05) is 36.2 Å².